The monoisotopic (exact) mass is 273 g/mol. The fourth-order valence-corrected chi connectivity index (χ4v) is 1.69. The van der Waals surface area contributed by atoms with Gasteiger partial charge in [-0.2, -0.15) is 0 Å². The van der Waals surface area contributed by atoms with Crippen LogP contribution < -0.4 is 16.0 Å². The minimum absolute atomic E-state index is 0.0574. The van der Waals surface area contributed by atoms with Crippen LogP contribution in [0.3, 0.4) is 0 Å². The van der Waals surface area contributed by atoms with Gasteiger partial charge in [-0.25, -0.2) is 0 Å². The van der Waals surface area contributed by atoms with Gasteiger partial charge in [-0.3, -0.25) is 9.59 Å². The van der Waals surface area contributed by atoms with E-state index in [1.54, 1.807) is 30.3 Å². The molecule has 5 heteroatoms. The Kier molecular flexibility index (Phi) is 4.90. The number of carbonyl (C=O) groups is 2. The van der Waals surface area contributed by atoms with Gasteiger partial charge < -0.3 is 16.0 Å². The molecule has 1 aromatic carbocycles. The summed E-state index contributed by atoms with van der Waals surface area (Å²) in [6.07, 6.45) is 3.83. The summed E-state index contributed by atoms with van der Waals surface area (Å²) in [5.41, 5.74) is 1.29. The lowest BCUT2D eigenvalue weighted by molar-refractivity contribution is -0.115. The van der Waals surface area contributed by atoms with Gasteiger partial charge in [-0.1, -0.05) is 6.08 Å². The first-order valence-corrected chi connectivity index (χ1v) is 6.71. The zero-order chi connectivity index (χ0) is 14.4. The Morgan fingerprint density at radius 1 is 1.25 bits per heavy atom. The highest BCUT2D eigenvalue weighted by molar-refractivity contribution is 5.96. The van der Waals surface area contributed by atoms with Crippen LogP contribution in [0.15, 0.2) is 36.9 Å². The smallest absolute Gasteiger partial charge is 0.251 e. The molecule has 0 saturated heterocycles. The largest absolute Gasteiger partial charge is 0.349 e. The first kappa shape index (κ1) is 14.3. The van der Waals surface area contributed by atoms with Gasteiger partial charge in [0.15, 0.2) is 0 Å². The molecule has 1 aliphatic carbocycles. The van der Waals surface area contributed by atoms with E-state index in [1.807, 2.05) is 0 Å². The van der Waals surface area contributed by atoms with E-state index in [0.717, 1.165) is 12.8 Å². The number of hydrogen-bond donors (Lipinski definition) is 3. The third kappa shape index (κ3) is 4.51. The van der Waals surface area contributed by atoms with Gasteiger partial charge in [0.25, 0.3) is 5.91 Å². The second kappa shape index (κ2) is 6.86. The summed E-state index contributed by atoms with van der Waals surface area (Å²) in [4.78, 5) is 23.4. The summed E-state index contributed by atoms with van der Waals surface area (Å²) < 4.78 is 0. The SMILES string of the molecule is C=CCNCC(=O)Nc1ccc(C(=O)NC2CC2)cc1. The maximum Gasteiger partial charge on any atom is 0.251 e. The Balaban J connectivity index is 1.82. The quantitative estimate of drug-likeness (QED) is 0.518. The second-order valence-corrected chi connectivity index (χ2v) is 4.79. The van der Waals surface area contributed by atoms with E-state index in [9.17, 15) is 9.59 Å². The molecule has 0 aromatic heterocycles. The van der Waals surface area contributed by atoms with Crippen molar-refractivity contribution >= 4 is 17.5 Å². The molecule has 0 radical (unpaired) electrons. The molecule has 1 aliphatic rings. The minimum Gasteiger partial charge on any atom is -0.349 e. The van der Waals surface area contributed by atoms with Crippen LogP contribution in [0.5, 0.6) is 0 Å². The Morgan fingerprint density at radius 3 is 2.55 bits per heavy atom. The molecular formula is C15H19N3O2. The average Bonchev–Trinajstić information content (AvgIpc) is 3.24. The van der Waals surface area contributed by atoms with Crippen molar-refractivity contribution in [2.75, 3.05) is 18.4 Å². The molecule has 1 saturated carbocycles. The molecule has 0 spiro atoms. The van der Waals surface area contributed by atoms with Crippen LogP contribution >= 0.6 is 0 Å². The van der Waals surface area contributed by atoms with Crippen LogP contribution in [0.25, 0.3) is 0 Å². The molecule has 3 N–H and O–H groups in total. The molecule has 106 valence electrons. The fourth-order valence-electron chi connectivity index (χ4n) is 1.69. The summed E-state index contributed by atoms with van der Waals surface area (Å²) in [7, 11) is 0. The molecule has 2 rings (SSSR count). The highest BCUT2D eigenvalue weighted by Gasteiger charge is 2.23. The lowest BCUT2D eigenvalue weighted by atomic mass is 10.2. The van der Waals surface area contributed by atoms with Crippen molar-refractivity contribution in [3.63, 3.8) is 0 Å². The molecule has 20 heavy (non-hydrogen) atoms. The van der Waals surface area contributed by atoms with E-state index < -0.39 is 0 Å². The van der Waals surface area contributed by atoms with Gasteiger partial charge in [0.05, 0.1) is 6.54 Å². The van der Waals surface area contributed by atoms with Crippen molar-refractivity contribution in [3.8, 4) is 0 Å². The second-order valence-electron chi connectivity index (χ2n) is 4.79. The van der Waals surface area contributed by atoms with Gasteiger partial charge >= 0.3 is 0 Å². The first-order valence-electron chi connectivity index (χ1n) is 6.71. The van der Waals surface area contributed by atoms with E-state index in [-0.39, 0.29) is 18.4 Å². The van der Waals surface area contributed by atoms with Gasteiger partial charge in [0, 0.05) is 23.8 Å². The Bertz CT molecular complexity index is 492. The fraction of sp³-hybridized carbons (Fsp3) is 0.333. The summed E-state index contributed by atoms with van der Waals surface area (Å²) in [6, 6.07) is 7.23. The average molecular weight is 273 g/mol. The van der Waals surface area contributed by atoms with Crippen LogP contribution in [0.4, 0.5) is 5.69 Å². The molecule has 5 nitrogen and oxygen atoms in total. The number of nitrogens with one attached hydrogen (secondary N) is 3. The predicted molar refractivity (Wildman–Crippen MR) is 78.6 cm³/mol. The van der Waals surface area contributed by atoms with Gasteiger partial charge in [-0.15, -0.1) is 6.58 Å². The lowest BCUT2D eigenvalue weighted by Crippen LogP contribution is -2.28. The molecule has 1 aromatic rings. The van der Waals surface area contributed by atoms with Crippen molar-refractivity contribution in [2.45, 2.75) is 18.9 Å². The molecule has 0 atom stereocenters. The van der Waals surface area contributed by atoms with Crippen molar-refractivity contribution in [2.24, 2.45) is 0 Å². The van der Waals surface area contributed by atoms with Gasteiger partial charge in [0.2, 0.25) is 5.91 Å². The normalized spacial score (nSPS) is 13.6. The number of carbonyl (C=O) groups excluding carboxylic acids is 2. The number of benzene rings is 1. The van der Waals surface area contributed by atoms with Crippen LogP contribution in [0, 0.1) is 0 Å². The maximum atomic E-state index is 11.8. The van der Waals surface area contributed by atoms with Crippen molar-refractivity contribution in [1.29, 1.82) is 0 Å². The molecule has 0 aliphatic heterocycles. The predicted octanol–water partition coefficient (Wildman–Crippen LogP) is 1.29. The molecule has 0 unspecified atom stereocenters. The van der Waals surface area contributed by atoms with Crippen molar-refractivity contribution in [3.05, 3.63) is 42.5 Å². The number of hydrogen-bond acceptors (Lipinski definition) is 3. The third-order valence-electron chi connectivity index (χ3n) is 2.92. The standard InChI is InChI=1S/C15H19N3O2/c1-2-9-16-10-14(19)17-12-5-3-11(4-6-12)15(20)18-13-7-8-13/h2-6,13,16H,1,7-10H2,(H,17,19)(H,18,20). The third-order valence-corrected chi connectivity index (χ3v) is 2.92. The molecule has 1 fully saturated rings. The van der Waals surface area contributed by atoms with Crippen LogP contribution in [0.2, 0.25) is 0 Å². The van der Waals surface area contributed by atoms with Crippen molar-refractivity contribution < 1.29 is 9.59 Å². The zero-order valence-electron chi connectivity index (χ0n) is 11.3. The lowest BCUT2D eigenvalue weighted by Gasteiger charge is -2.07. The molecule has 2 amide bonds. The van der Waals surface area contributed by atoms with Gasteiger partial charge in [-0.05, 0) is 37.1 Å². The number of anilines is 1. The highest BCUT2D eigenvalue weighted by atomic mass is 16.2. The van der Waals surface area contributed by atoms with Crippen LogP contribution in [-0.2, 0) is 4.79 Å². The van der Waals surface area contributed by atoms with Crippen molar-refractivity contribution in [1.82, 2.24) is 10.6 Å². The maximum absolute atomic E-state index is 11.8. The molecule has 0 heterocycles. The number of rotatable bonds is 7. The summed E-state index contributed by atoms with van der Waals surface area (Å²) in [6.45, 7) is 4.38. The summed E-state index contributed by atoms with van der Waals surface area (Å²) in [5, 5.41) is 8.59. The first-order chi connectivity index (χ1) is 9.69. The van der Waals surface area contributed by atoms with E-state index in [1.165, 1.54) is 0 Å². The van der Waals surface area contributed by atoms with E-state index in [4.69, 9.17) is 0 Å². The number of amides is 2. The summed E-state index contributed by atoms with van der Waals surface area (Å²) >= 11 is 0. The molecular weight excluding hydrogens is 254 g/mol. The van der Waals surface area contributed by atoms with E-state index >= 15 is 0 Å². The zero-order valence-corrected chi connectivity index (χ0v) is 11.3. The Hall–Kier alpha value is -2.14. The molecule has 0 bridgehead atoms. The Labute approximate surface area is 118 Å². The van der Waals surface area contributed by atoms with Gasteiger partial charge in [0.1, 0.15) is 0 Å². The summed E-state index contributed by atoms with van der Waals surface area (Å²) in [5.74, 6) is -0.181. The minimum atomic E-state index is -0.123. The van der Waals surface area contributed by atoms with Crippen LogP contribution in [0.1, 0.15) is 23.2 Å². The van der Waals surface area contributed by atoms with E-state index in [0.29, 0.717) is 23.8 Å². The van der Waals surface area contributed by atoms with Crippen LogP contribution in [-0.4, -0.2) is 30.9 Å². The Morgan fingerprint density at radius 2 is 1.95 bits per heavy atom. The highest BCUT2D eigenvalue weighted by Crippen LogP contribution is 2.19. The topological polar surface area (TPSA) is 70.2 Å². The van der Waals surface area contributed by atoms with E-state index in [2.05, 4.69) is 22.5 Å².